The first-order valence-electron chi connectivity index (χ1n) is 11.4. The second-order valence-corrected chi connectivity index (χ2v) is 8.81. The number of aromatic amines is 1. The van der Waals surface area contributed by atoms with E-state index in [-0.39, 0.29) is 6.04 Å². The summed E-state index contributed by atoms with van der Waals surface area (Å²) in [7, 11) is 1.71. The zero-order valence-corrected chi connectivity index (χ0v) is 19.8. The van der Waals surface area contributed by atoms with Gasteiger partial charge in [-0.25, -0.2) is 9.97 Å². The summed E-state index contributed by atoms with van der Waals surface area (Å²) in [6, 6.07) is 6.53. The predicted molar refractivity (Wildman–Crippen MR) is 126 cm³/mol. The van der Waals surface area contributed by atoms with Crippen LogP contribution < -0.4 is 10.5 Å². The highest BCUT2D eigenvalue weighted by Crippen LogP contribution is 2.32. The van der Waals surface area contributed by atoms with Crippen LogP contribution in [0.4, 0.5) is 0 Å². The molecule has 1 aliphatic rings. The van der Waals surface area contributed by atoms with E-state index >= 15 is 0 Å². The lowest BCUT2D eigenvalue weighted by atomic mass is 9.98. The molecule has 0 saturated carbocycles. The molecule has 3 N–H and O–H groups in total. The van der Waals surface area contributed by atoms with E-state index in [4.69, 9.17) is 10.5 Å². The molecule has 1 aromatic carbocycles. The minimum Gasteiger partial charge on any atom is -0.496 e. The maximum Gasteiger partial charge on any atom is 0.252 e. The fourth-order valence-corrected chi connectivity index (χ4v) is 4.69. The number of benzene rings is 1. The van der Waals surface area contributed by atoms with Gasteiger partial charge in [-0.3, -0.25) is 14.8 Å². The molecule has 3 aromatic rings. The largest absolute Gasteiger partial charge is 0.496 e. The molecule has 1 amide bonds. The average Bonchev–Trinajstić information content (AvgIpc) is 3.11. The van der Waals surface area contributed by atoms with Gasteiger partial charge in [-0.2, -0.15) is 5.10 Å². The third-order valence-electron chi connectivity index (χ3n) is 6.55. The van der Waals surface area contributed by atoms with Gasteiger partial charge in [0.05, 0.1) is 30.1 Å². The first kappa shape index (κ1) is 22.9. The number of hydrogen-bond acceptors (Lipinski definition) is 6. The molecule has 1 aliphatic heterocycles. The van der Waals surface area contributed by atoms with Gasteiger partial charge in [0.15, 0.2) is 0 Å². The lowest BCUT2D eigenvalue weighted by molar-refractivity contribution is 0.0998. The molecule has 0 radical (unpaired) electrons. The third kappa shape index (κ3) is 4.90. The fraction of sp³-hybridized carbons (Fsp3) is 0.440. The number of carbonyl (C=O) groups excluding carboxylic acids is 1. The second-order valence-electron chi connectivity index (χ2n) is 8.81. The van der Waals surface area contributed by atoms with Gasteiger partial charge in [0.25, 0.3) is 5.91 Å². The van der Waals surface area contributed by atoms with Crippen LogP contribution in [0.5, 0.6) is 5.75 Å². The van der Waals surface area contributed by atoms with Crippen LogP contribution in [0.1, 0.15) is 75.3 Å². The molecule has 0 bridgehead atoms. The lowest BCUT2D eigenvalue weighted by Crippen LogP contribution is -2.34. The van der Waals surface area contributed by atoms with Crippen molar-refractivity contribution in [3.63, 3.8) is 0 Å². The molecule has 33 heavy (non-hydrogen) atoms. The van der Waals surface area contributed by atoms with Crippen LogP contribution in [-0.2, 0) is 13.0 Å². The summed E-state index contributed by atoms with van der Waals surface area (Å²) in [6.45, 7) is 7.67. The van der Waals surface area contributed by atoms with Crippen molar-refractivity contribution in [3.8, 4) is 5.75 Å². The van der Waals surface area contributed by atoms with Crippen LogP contribution in [0.15, 0.2) is 24.4 Å². The normalized spacial score (nSPS) is 16.7. The Bertz CT molecular complexity index is 1140. The van der Waals surface area contributed by atoms with Crippen LogP contribution in [-0.4, -0.2) is 44.6 Å². The third-order valence-corrected chi connectivity index (χ3v) is 6.55. The number of aromatic nitrogens is 4. The number of carbonyl (C=O) groups is 1. The smallest absolute Gasteiger partial charge is 0.252 e. The van der Waals surface area contributed by atoms with Gasteiger partial charge < -0.3 is 10.5 Å². The summed E-state index contributed by atoms with van der Waals surface area (Å²) in [5.41, 5.74) is 12.1. The maximum absolute atomic E-state index is 11.6. The molecule has 0 aliphatic carbocycles. The van der Waals surface area contributed by atoms with Gasteiger partial charge in [0, 0.05) is 30.4 Å². The number of aryl methyl sites for hydroxylation is 3. The predicted octanol–water partition coefficient (Wildman–Crippen LogP) is 3.55. The topological polar surface area (TPSA) is 110 Å². The van der Waals surface area contributed by atoms with Crippen LogP contribution in [0.2, 0.25) is 0 Å². The number of likely N-dealkylation sites (tertiary alicyclic amines) is 1. The Balaban J connectivity index is 1.59. The number of nitrogens with two attached hydrogens (primary N) is 1. The maximum atomic E-state index is 11.6. The molecular formula is C25H32N6O2. The van der Waals surface area contributed by atoms with E-state index in [0.717, 1.165) is 67.3 Å². The highest BCUT2D eigenvalue weighted by molar-refractivity contribution is 5.93. The minimum absolute atomic E-state index is 0.114. The van der Waals surface area contributed by atoms with Crippen molar-refractivity contribution in [2.45, 2.75) is 59.0 Å². The van der Waals surface area contributed by atoms with Crippen LogP contribution in [0.25, 0.3) is 0 Å². The van der Waals surface area contributed by atoms with E-state index in [0.29, 0.717) is 11.3 Å². The molecular weight excluding hydrogens is 416 g/mol. The number of amides is 1. The van der Waals surface area contributed by atoms with E-state index in [9.17, 15) is 4.79 Å². The molecule has 1 saturated heterocycles. The Morgan fingerprint density at radius 2 is 2.06 bits per heavy atom. The van der Waals surface area contributed by atoms with Crippen molar-refractivity contribution in [1.82, 2.24) is 25.1 Å². The molecule has 0 spiro atoms. The van der Waals surface area contributed by atoms with Crippen molar-refractivity contribution in [1.29, 1.82) is 0 Å². The van der Waals surface area contributed by atoms with Gasteiger partial charge >= 0.3 is 0 Å². The summed E-state index contributed by atoms with van der Waals surface area (Å²) in [6.07, 6.45) is 5.60. The van der Waals surface area contributed by atoms with Crippen molar-refractivity contribution >= 4 is 5.91 Å². The van der Waals surface area contributed by atoms with E-state index in [1.54, 1.807) is 13.3 Å². The van der Waals surface area contributed by atoms with Crippen LogP contribution in [0.3, 0.4) is 0 Å². The standard InChI is InChI=1S/C25H32N6O2/c1-15-21(24(26)32)13-27-25(28-15)22-7-5-6-10-31(22)14-18-8-9-23(33-4)19(11-18)12-20-16(2)29-30-17(20)3/h8-9,11,13,22H,5-7,10,12,14H2,1-4H3,(H2,26,32)(H,29,30)/t22-/m1/s1. The Kier molecular flexibility index (Phi) is 6.74. The average molecular weight is 449 g/mol. The highest BCUT2D eigenvalue weighted by Gasteiger charge is 2.27. The SMILES string of the molecule is COc1ccc(CN2CCCC[C@@H]2c2ncc(C(N)=O)c(C)n2)cc1Cc1c(C)n[nH]c1C. The van der Waals surface area contributed by atoms with Gasteiger partial charge in [0.1, 0.15) is 11.6 Å². The van der Waals surface area contributed by atoms with Crippen molar-refractivity contribution < 1.29 is 9.53 Å². The molecule has 2 aromatic heterocycles. The molecule has 8 heteroatoms. The molecule has 3 heterocycles. The summed E-state index contributed by atoms with van der Waals surface area (Å²) < 4.78 is 5.65. The van der Waals surface area contributed by atoms with E-state index < -0.39 is 5.91 Å². The lowest BCUT2D eigenvalue weighted by Gasteiger charge is -2.35. The second kappa shape index (κ2) is 9.70. The zero-order valence-electron chi connectivity index (χ0n) is 19.8. The van der Waals surface area contributed by atoms with E-state index in [2.05, 4.69) is 50.2 Å². The quantitative estimate of drug-likeness (QED) is 0.572. The first-order valence-corrected chi connectivity index (χ1v) is 11.4. The van der Waals surface area contributed by atoms with E-state index in [1.165, 1.54) is 11.1 Å². The monoisotopic (exact) mass is 448 g/mol. The number of H-pyrrole nitrogens is 1. The van der Waals surface area contributed by atoms with Crippen molar-refractivity contribution in [2.75, 3.05) is 13.7 Å². The molecule has 0 unspecified atom stereocenters. The number of hydrogen-bond donors (Lipinski definition) is 2. The summed E-state index contributed by atoms with van der Waals surface area (Å²) in [5.74, 6) is 1.15. The summed E-state index contributed by atoms with van der Waals surface area (Å²) in [4.78, 5) is 23.1. The molecule has 1 fully saturated rings. The van der Waals surface area contributed by atoms with Crippen molar-refractivity contribution in [2.24, 2.45) is 5.73 Å². The van der Waals surface area contributed by atoms with Gasteiger partial charge in [-0.15, -0.1) is 0 Å². The number of nitrogens with zero attached hydrogens (tertiary/aromatic N) is 4. The summed E-state index contributed by atoms with van der Waals surface area (Å²) >= 11 is 0. The van der Waals surface area contributed by atoms with Gasteiger partial charge in [0.2, 0.25) is 0 Å². The van der Waals surface area contributed by atoms with Crippen LogP contribution >= 0.6 is 0 Å². The Morgan fingerprint density at radius 3 is 2.73 bits per heavy atom. The Hall–Kier alpha value is -3.26. The molecule has 8 nitrogen and oxygen atoms in total. The first-order chi connectivity index (χ1) is 15.9. The van der Waals surface area contributed by atoms with E-state index in [1.807, 2.05) is 13.8 Å². The Labute approximate surface area is 194 Å². The van der Waals surface area contributed by atoms with Crippen LogP contribution in [0, 0.1) is 20.8 Å². The molecule has 174 valence electrons. The summed E-state index contributed by atoms with van der Waals surface area (Å²) in [5, 5.41) is 7.41. The fourth-order valence-electron chi connectivity index (χ4n) is 4.69. The number of nitrogens with one attached hydrogen (secondary N) is 1. The highest BCUT2D eigenvalue weighted by atomic mass is 16.5. The number of ether oxygens (including phenoxy) is 1. The number of piperidine rings is 1. The molecule has 4 rings (SSSR count). The number of primary amides is 1. The minimum atomic E-state index is -0.492. The Morgan fingerprint density at radius 1 is 1.24 bits per heavy atom. The zero-order chi connectivity index (χ0) is 23.5. The number of methoxy groups -OCH3 is 1. The number of rotatable bonds is 7. The van der Waals surface area contributed by atoms with Gasteiger partial charge in [-0.1, -0.05) is 18.6 Å². The van der Waals surface area contributed by atoms with Crippen molar-refractivity contribution in [3.05, 3.63) is 69.6 Å². The molecule has 1 atom stereocenters. The van der Waals surface area contributed by atoms with Gasteiger partial charge in [-0.05, 0) is 57.4 Å².